The van der Waals surface area contributed by atoms with E-state index < -0.39 is 244 Å². The highest BCUT2D eigenvalue weighted by molar-refractivity contribution is 5.79. The molecule has 17 N–H and O–H groups in total. The van der Waals surface area contributed by atoms with Crippen molar-refractivity contribution in [2.45, 2.75) is 291 Å². The molecule has 0 aromatic carbocycles. The van der Waals surface area contributed by atoms with Gasteiger partial charge >= 0.3 is 5.97 Å². The number of hydrogen-bond acceptors (Lipinski definition) is 30. The number of carbonyl (C=O) groups excluding carboxylic acids is 1. The average molecular weight is 1340 g/mol. The predicted molar refractivity (Wildman–Crippen MR) is 310 cm³/mol. The maximum atomic E-state index is 15.5. The highest BCUT2D eigenvalue weighted by Crippen LogP contribution is 2.76. The van der Waals surface area contributed by atoms with Crippen LogP contribution in [0.2, 0.25) is 0 Å². The van der Waals surface area contributed by atoms with E-state index in [9.17, 15) is 86.8 Å². The first kappa shape index (κ1) is 72.3. The minimum absolute atomic E-state index is 0.0839. The van der Waals surface area contributed by atoms with Crippen molar-refractivity contribution in [3.05, 3.63) is 11.6 Å². The van der Waals surface area contributed by atoms with Crippen molar-refractivity contribution in [2.24, 2.45) is 50.2 Å². The van der Waals surface area contributed by atoms with Crippen molar-refractivity contribution >= 4 is 5.97 Å². The zero-order valence-electron chi connectivity index (χ0n) is 53.9. The van der Waals surface area contributed by atoms with Crippen LogP contribution in [0.15, 0.2) is 11.6 Å². The second-order valence-electron chi connectivity index (χ2n) is 30.5. The first-order valence-corrected chi connectivity index (χ1v) is 33.0. The number of allylic oxidation sites excluding steroid dienone is 2. The van der Waals surface area contributed by atoms with E-state index in [1.54, 1.807) is 0 Å². The smallest absolute Gasteiger partial charge is 0.315 e. The molecule has 0 amide bonds. The van der Waals surface area contributed by atoms with Crippen LogP contribution in [0.4, 0.5) is 0 Å². The molecule has 93 heavy (non-hydrogen) atoms. The molecule has 6 heterocycles. The van der Waals surface area contributed by atoms with Crippen LogP contribution in [0.5, 0.6) is 0 Å². The number of carbonyl (C=O) groups is 1. The van der Waals surface area contributed by atoms with E-state index >= 15 is 4.79 Å². The number of esters is 1. The molecule has 10 fully saturated rings. The summed E-state index contributed by atoms with van der Waals surface area (Å²) in [5.41, 5.74) is -2.99. The highest BCUT2D eigenvalue weighted by Gasteiger charge is 2.72. The maximum Gasteiger partial charge on any atom is 0.315 e. The van der Waals surface area contributed by atoms with E-state index in [2.05, 4.69) is 40.7 Å². The van der Waals surface area contributed by atoms with E-state index in [4.69, 9.17) is 56.8 Å². The van der Waals surface area contributed by atoms with Gasteiger partial charge in [-0.25, -0.2) is 0 Å². The standard InChI is InChI=1S/C63H102O30/c1-24-35(70)39(74)42(77)53(85-24)89-47-31(69)22-83-52(44(47)79)88-46-25(2)86-54(43(78)40(46)75)91-49-37(72)30(68)21-84-56(49)93-57(81)63-15-13-58(3,4)17-27(63)26-9-10-34-59(5)18-28(66)50(60(6,23-65)33(59)11-12-62(34,8)61(26,7)14-16-63)92-55-45(80)48(38(73)32(19-64)87-55)90-51-41(76)36(71)29(67)20-82-51/h9,24-25,27-56,64-80H,10-23H2,1-8H3/t24-,25-,27?,28-,29+,30-,31+,32+,33?,34?,35-,36-,37-,38+,39+,40-,41+,42+,43+,44+,45+,46-,47-,48-,49+,50-,51-,52-,53-,54-,55-,56-,59-,60-,61+,62+,63-/m0/s1. The summed E-state index contributed by atoms with van der Waals surface area (Å²) in [5.74, 6) is -1.33. The molecule has 30 nitrogen and oxygen atoms in total. The quantitative estimate of drug-likeness (QED) is 0.0443. The molecule has 30 heteroatoms. The fraction of sp³-hybridized carbons (Fsp3) is 0.952. The molecule has 0 bridgehead atoms. The Hall–Kier alpha value is -1.91. The van der Waals surface area contributed by atoms with Crippen molar-refractivity contribution in [3.63, 3.8) is 0 Å². The average Bonchev–Trinajstić information content (AvgIpc) is 0.674. The number of hydrogen-bond donors (Lipinski definition) is 17. The number of rotatable bonds is 14. The lowest BCUT2D eigenvalue weighted by molar-refractivity contribution is -0.377. The summed E-state index contributed by atoms with van der Waals surface area (Å²) < 4.78 is 71.0. The Bertz CT molecular complexity index is 2630. The molecular weight excluding hydrogens is 1240 g/mol. The van der Waals surface area contributed by atoms with Gasteiger partial charge in [-0.2, -0.15) is 0 Å². The van der Waals surface area contributed by atoms with Gasteiger partial charge in [0.25, 0.3) is 0 Å². The maximum absolute atomic E-state index is 15.5. The molecule has 4 saturated carbocycles. The van der Waals surface area contributed by atoms with Crippen LogP contribution in [-0.4, -0.2) is 304 Å². The second-order valence-corrected chi connectivity index (χ2v) is 30.5. The molecule has 3 unspecified atom stereocenters. The van der Waals surface area contributed by atoms with E-state index in [0.29, 0.717) is 51.4 Å². The third kappa shape index (κ3) is 12.3. The zero-order valence-corrected chi connectivity index (χ0v) is 53.9. The van der Waals surface area contributed by atoms with Gasteiger partial charge in [0.2, 0.25) is 6.29 Å². The molecule has 37 atom stereocenters. The van der Waals surface area contributed by atoms with Crippen molar-refractivity contribution < 1.29 is 148 Å². The molecule has 0 aromatic heterocycles. The number of aliphatic hydroxyl groups is 17. The van der Waals surface area contributed by atoms with Crippen molar-refractivity contribution in [2.75, 3.05) is 33.0 Å². The molecule has 0 spiro atoms. The monoisotopic (exact) mass is 1340 g/mol. The molecule has 0 radical (unpaired) electrons. The van der Waals surface area contributed by atoms with Gasteiger partial charge in [-0.15, -0.1) is 0 Å². The molecule has 6 aliphatic heterocycles. The summed E-state index contributed by atoms with van der Waals surface area (Å²) in [6, 6.07) is 0. The van der Waals surface area contributed by atoms with Crippen LogP contribution in [0.25, 0.3) is 0 Å². The van der Waals surface area contributed by atoms with E-state index in [-0.39, 0.29) is 29.6 Å². The van der Waals surface area contributed by atoms with Crippen LogP contribution < -0.4 is 0 Å². The second kappa shape index (κ2) is 26.9. The van der Waals surface area contributed by atoms with Gasteiger partial charge in [0, 0.05) is 5.41 Å². The van der Waals surface area contributed by atoms with Crippen LogP contribution in [0.1, 0.15) is 113 Å². The molecule has 534 valence electrons. The Labute approximate surface area is 539 Å². The summed E-state index contributed by atoms with van der Waals surface area (Å²) in [6.07, 6.45) is -39.1. The van der Waals surface area contributed by atoms with E-state index in [1.165, 1.54) is 13.8 Å². The Morgan fingerprint density at radius 1 is 0.495 bits per heavy atom. The van der Waals surface area contributed by atoms with Crippen molar-refractivity contribution in [1.82, 2.24) is 0 Å². The lowest BCUT2D eigenvalue weighted by atomic mass is 9.33. The van der Waals surface area contributed by atoms with Crippen LogP contribution in [0.3, 0.4) is 0 Å². The fourth-order valence-electron chi connectivity index (χ4n) is 18.7. The van der Waals surface area contributed by atoms with Gasteiger partial charge in [-0.3, -0.25) is 4.79 Å². The molecule has 5 aliphatic carbocycles. The normalized spacial score (nSPS) is 55.7. The molecule has 11 aliphatic rings. The third-order valence-electron chi connectivity index (χ3n) is 24.5. The number of ether oxygens (including phenoxy) is 12. The van der Waals surface area contributed by atoms with Crippen LogP contribution >= 0.6 is 0 Å². The van der Waals surface area contributed by atoms with Crippen molar-refractivity contribution in [3.8, 4) is 0 Å². The predicted octanol–water partition coefficient (Wildman–Crippen LogP) is -4.47. The molecule has 0 aromatic rings. The summed E-state index contributed by atoms with van der Waals surface area (Å²) in [7, 11) is 0. The van der Waals surface area contributed by atoms with Gasteiger partial charge in [0.15, 0.2) is 37.6 Å². The van der Waals surface area contributed by atoms with Gasteiger partial charge in [0.05, 0.1) is 62.9 Å². The van der Waals surface area contributed by atoms with Gasteiger partial charge in [0.1, 0.15) is 110 Å². The largest absolute Gasteiger partial charge is 0.432 e. The SMILES string of the molecule is C[C@@H]1O[C@@H](O[C@@H]2[C@@H](O)[C@H](O[C@@H]3[C@@H](O)[C@@H](O)[C@H](O[C@H]4[C@H](OC(=O)[C@]56CCC(C)(C)CC5C5=CCC7[C@@]8(C)C[C@H](O)[C@H](O[C@@H]9O[C@H](CO)[C@@H](O)[C@H](O[C@@H]%10OC[C@@H](O)[C@H](O)[C@H]%10O)[C@H]9O)[C@@](C)(CO)C8CC[C@@]7(C)[C@]5(C)CC6)OC[C@H](O)[C@@H]4O)O[C@H]3C)OC[C@H]2O)[C@H](O)[C@H](O)[C@H]1O. The fourth-order valence-corrected chi connectivity index (χ4v) is 18.7. The molecule has 6 saturated heterocycles. The first-order valence-electron chi connectivity index (χ1n) is 33.0. The van der Waals surface area contributed by atoms with Gasteiger partial charge in [-0.05, 0) is 111 Å². The minimum atomic E-state index is -1.96. The lowest BCUT2D eigenvalue weighted by Gasteiger charge is -2.72. The van der Waals surface area contributed by atoms with Crippen LogP contribution in [0, 0.1) is 50.2 Å². The van der Waals surface area contributed by atoms with E-state index in [0.717, 1.165) is 5.57 Å². The number of fused-ring (bicyclic) bond motifs is 7. The third-order valence-corrected chi connectivity index (χ3v) is 24.5. The Balaban J connectivity index is 0.784. The summed E-state index contributed by atoms with van der Waals surface area (Å²) >= 11 is 0. The Morgan fingerprint density at radius 2 is 1.04 bits per heavy atom. The first-order chi connectivity index (χ1) is 43.6. The number of aliphatic hydroxyl groups excluding tert-OH is 17. The minimum Gasteiger partial charge on any atom is -0.432 e. The van der Waals surface area contributed by atoms with Gasteiger partial charge < -0.3 is 144 Å². The zero-order chi connectivity index (χ0) is 67.7. The summed E-state index contributed by atoms with van der Waals surface area (Å²) in [4.78, 5) is 15.5. The topological polar surface area (TPSA) is 472 Å². The summed E-state index contributed by atoms with van der Waals surface area (Å²) in [6.45, 7) is 13.2. The van der Waals surface area contributed by atoms with Gasteiger partial charge in [-0.1, -0.05) is 53.2 Å². The summed E-state index contributed by atoms with van der Waals surface area (Å²) in [5, 5.41) is 187. The Morgan fingerprint density at radius 3 is 1.71 bits per heavy atom. The van der Waals surface area contributed by atoms with Crippen molar-refractivity contribution in [1.29, 1.82) is 0 Å². The van der Waals surface area contributed by atoms with E-state index in [1.807, 2.05) is 6.92 Å². The Kier molecular flexibility index (Phi) is 20.9. The van der Waals surface area contributed by atoms with Crippen LogP contribution in [-0.2, 0) is 61.6 Å². The lowest BCUT2D eigenvalue weighted by Crippen LogP contribution is -2.70. The molecule has 11 rings (SSSR count). The highest BCUT2D eigenvalue weighted by atomic mass is 16.8. The molecular formula is C63H102O30.